The van der Waals surface area contributed by atoms with E-state index in [2.05, 4.69) is 40.7 Å². The first kappa shape index (κ1) is 13.6. The van der Waals surface area contributed by atoms with Gasteiger partial charge < -0.3 is 4.90 Å². The van der Waals surface area contributed by atoms with Crippen LogP contribution >= 0.6 is 15.9 Å². The summed E-state index contributed by atoms with van der Waals surface area (Å²) >= 11 is 3.50. The number of nitrogens with zero attached hydrogens (tertiary/aromatic N) is 1. The summed E-state index contributed by atoms with van der Waals surface area (Å²) in [6, 6.07) is 5.93. The molecule has 1 heterocycles. The molecular weight excluding hydrogens is 290 g/mol. The minimum Gasteiger partial charge on any atom is -0.370 e. The van der Waals surface area contributed by atoms with Crippen LogP contribution in [0.3, 0.4) is 0 Å². The Kier molecular flexibility index (Phi) is 4.10. The number of halogens is 1. The van der Waals surface area contributed by atoms with Crippen molar-refractivity contribution in [3.63, 3.8) is 0 Å². The van der Waals surface area contributed by atoms with E-state index < -0.39 is 0 Å². The van der Waals surface area contributed by atoms with Crippen LogP contribution in [-0.2, 0) is 0 Å². The highest BCUT2D eigenvalue weighted by Gasteiger charge is 2.24. The molecule has 2 atom stereocenters. The van der Waals surface area contributed by atoms with Crippen molar-refractivity contribution >= 4 is 27.4 Å². The van der Waals surface area contributed by atoms with Crippen LogP contribution in [0.4, 0.5) is 5.69 Å². The van der Waals surface area contributed by atoms with Crippen LogP contribution in [0, 0.1) is 11.8 Å². The second-order valence-electron chi connectivity index (χ2n) is 5.57. The van der Waals surface area contributed by atoms with E-state index in [1.807, 2.05) is 12.1 Å². The van der Waals surface area contributed by atoms with Crippen LogP contribution in [0.5, 0.6) is 0 Å². The fraction of sp³-hybridized carbons (Fsp3) is 0.533. The fourth-order valence-electron chi connectivity index (χ4n) is 2.92. The predicted molar refractivity (Wildman–Crippen MR) is 79.3 cm³/mol. The molecule has 0 radical (unpaired) electrons. The summed E-state index contributed by atoms with van der Waals surface area (Å²) < 4.78 is 1.04. The Morgan fingerprint density at radius 1 is 1.28 bits per heavy atom. The standard InChI is InChI=1S/C15H20BrNO/c1-10-6-11(2)9-17(8-10)15-7-13(16)4-5-14(15)12(3)18/h4-5,7,10-11H,6,8-9H2,1-3H3. The summed E-state index contributed by atoms with van der Waals surface area (Å²) in [7, 11) is 0. The molecule has 0 aromatic heterocycles. The van der Waals surface area contributed by atoms with Crippen LogP contribution in [0.2, 0.25) is 0 Å². The van der Waals surface area contributed by atoms with Crippen molar-refractivity contribution in [3.05, 3.63) is 28.2 Å². The molecule has 0 N–H and O–H groups in total. The van der Waals surface area contributed by atoms with Crippen LogP contribution in [0.25, 0.3) is 0 Å². The molecule has 0 bridgehead atoms. The minimum absolute atomic E-state index is 0.142. The van der Waals surface area contributed by atoms with Crippen LogP contribution in [0.1, 0.15) is 37.6 Å². The fourth-order valence-corrected chi connectivity index (χ4v) is 3.27. The molecule has 1 aromatic rings. The second-order valence-corrected chi connectivity index (χ2v) is 6.48. The van der Waals surface area contributed by atoms with Crippen molar-refractivity contribution in [1.82, 2.24) is 0 Å². The van der Waals surface area contributed by atoms with E-state index in [4.69, 9.17) is 0 Å². The Labute approximate surface area is 117 Å². The molecule has 0 spiro atoms. The Morgan fingerprint density at radius 2 is 1.89 bits per heavy atom. The number of piperidine rings is 1. The van der Waals surface area contributed by atoms with Gasteiger partial charge in [-0.3, -0.25) is 4.79 Å². The highest BCUT2D eigenvalue weighted by Crippen LogP contribution is 2.31. The Bertz CT molecular complexity index is 448. The minimum atomic E-state index is 0.142. The number of anilines is 1. The maximum atomic E-state index is 11.7. The summed E-state index contributed by atoms with van der Waals surface area (Å²) in [5.74, 6) is 1.52. The van der Waals surface area contributed by atoms with Gasteiger partial charge in [-0.15, -0.1) is 0 Å². The number of Topliss-reactive ketones (excluding diaryl/α,β-unsaturated/α-hetero) is 1. The molecule has 1 fully saturated rings. The van der Waals surface area contributed by atoms with Gasteiger partial charge in [0.15, 0.2) is 5.78 Å². The van der Waals surface area contributed by atoms with Crippen molar-refractivity contribution in [2.75, 3.05) is 18.0 Å². The zero-order chi connectivity index (χ0) is 13.3. The lowest BCUT2D eigenvalue weighted by atomic mass is 9.91. The molecule has 0 amide bonds. The molecule has 1 aliphatic heterocycles. The zero-order valence-electron chi connectivity index (χ0n) is 11.2. The summed E-state index contributed by atoms with van der Waals surface area (Å²) in [4.78, 5) is 14.1. The number of hydrogen-bond donors (Lipinski definition) is 0. The number of benzene rings is 1. The number of carbonyl (C=O) groups excluding carboxylic acids is 1. The van der Waals surface area contributed by atoms with Gasteiger partial charge in [-0.05, 0) is 43.4 Å². The highest BCUT2D eigenvalue weighted by atomic mass is 79.9. The van der Waals surface area contributed by atoms with Crippen LogP contribution in [0.15, 0.2) is 22.7 Å². The van der Waals surface area contributed by atoms with Gasteiger partial charge in [-0.2, -0.15) is 0 Å². The lowest BCUT2D eigenvalue weighted by Gasteiger charge is -2.37. The third-order valence-corrected chi connectivity index (χ3v) is 4.04. The molecule has 2 rings (SSSR count). The molecule has 1 saturated heterocycles. The first-order valence-corrected chi connectivity index (χ1v) is 7.32. The first-order chi connectivity index (χ1) is 8.47. The Morgan fingerprint density at radius 3 is 2.44 bits per heavy atom. The summed E-state index contributed by atoms with van der Waals surface area (Å²) in [5, 5.41) is 0. The van der Waals surface area contributed by atoms with Crippen molar-refractivity contribution < 1.29 is 4.79 Å². The first-order valence-electron chi connectivity index (χ1n) is 6.52. The molecule has 1 aromatic carbocycles. The average Bonchev–Trinajstić information content (AvgIpc) is 2.27. The summed E-state index contributed by atoms with van der Waals surface area (Å²) in [5.41, 5.74) is 1.91. The smallest absolute Gasteiger partial charge is 0.161 e. The SMILES string of the molecule is CC(=O)c1ccc(Br)cc1N1CC(C)CC(C)C1. The second kappa shape index (κ2) is 5.43. The van der Waals surface area contributed by atoms with Gasteiger partial charge in [-0.25, -0.2) is 0 Å². The van der Waals surface area contributed by atoms with Crippen molar-refractivity contribution in [2.45, 2.75) is 27.2 Å². The monoisotopic (exact) mass is 309 g/mol. The number of rotatable bonds is 2. The highest BCUT2D eigenvalue weighted by molar-refractivity contribution is 9.10. The van der Waals surface area contributed by atoms with Gasteiger partial charge >= 0.3 is 0 Å². The quantitative estimate of drug-likeness (QED) is 0.765. The topological polar surface area (TPSA) is 20.3 Å². The molecule has 3 heteroatoms. The van der Waals surface area contributed by atoms with Crippen molar-refractivity contribution in [3.8, 4) is 0 Å². The van der Waals surface area contributed by atoms with Gasteiger partial charge in [0.05, 0.1) is 0 Å². The van der Waals surface area contributed by atoms with Crippen molar-refractivity contribution in [1.29, 1.82) is 0 Å². The lowest BCUT2D eigenvalue weighted by molar-refractivity contribution is 0.101. The largest absolute Gasteiger partial charge is 0.370 e. The normalized spacial score (nSPS) is 24.1. The number of carbonyl (C=O) groups is 1. The number of hydrogen-bond acceptors (Lipinski definition) is 2. The van der Waals surface area contributed by atoms with Gasteiger partial charge in [0.2, 0.25) is 0 Å². The predicted octanol–water partition coefficient (Wildman–Crippen LogP) is 4.13. The Balaban J connectivity index is 2.36. The summed E-state index contributed by atoms with van der Waals surface area (Å²) in [6.07, 6.45) is 1.28. The van der Waals surface area contributed by atoms with Crippen molar-refractivity contribution in [2.24, 2.45) is 11.8 Å². The lowest BCUT2D eigenvalue weighted by Crippen LogP contribution is -2.39. The molecule has 0 aliphatic carbocycles. The summed E-state index contributed by atoms with van der Waals surface area (Å²) in [6.45, 7) is 8.30. The van der Waals surface area contributed by atoms with E-state index >= 15 is 0 Å². The third kappa shape index (κ3) is 2.94. The van der Waals surface area contributed by atoms with Gasteiger partial charge in [0.25, 0.3) is 0 Å². The maximum absolute atomic E-state index is 11.7. The van der Waals surface area contributed by atoms with E-state index in [9.17, 15) is 4.79 Å². The molecular formula is C15H20BrNO. The average molecular weight is 310 g/mol. The molecule has 18 heavy (non-hydrogen) atoms. The molecule has 2 unspecified atom stereocenters. The number of ketones is 1. The van der Waals surface area contributed by atoms with E-state index in [0.29, 0.717) is 11.8 Å². The van der Waals surface area contributed by atoms with Crippen LogP contribution < -0.4 is 4.90 Å². The van der Waals surface area contributed by atoms with E-state index in [0.717, 1.165) is 28.8 Å². The zero-order valence-corrected chi connectivity index (χ0v) is 12.8. The molecule has 2 nitrogen and oxygen atoms in total. The molecule has 98 valence electrons. The van der Waals surface area contributed by atoms with E-state index in [-0.39, 0.29) is 5.78 Å². The molecule has 0 saturated carbocycles. The van der Waals surface area contributed by atoms with Gasteiger partial charge in [-0.1, -0.05) is 29.8 Å². The van der Waals surface area contributed by atoms with Gasteiger partial charge in [0, 0.05) is 28.8 Å². The van der Waals surface area contributed by atoms with E-state index in [1.54, 1.807) is 6.92 Å². The molecule has 1 aliphatic rings. The maximum Gasteiger partial charge on any atom is 0.161 e. The van der Waals surface area contributed by atoms with Gasteiger partial charge in [0.1, 0.15) is 0 Å². The van der Waals surface area contributed by atoms with Crippen LogP contribution in [-0.4, -0.2) is 18.9 Å². The third-order valence-electron chi connectivity index (χ3n) is 3.55. The van der Waals surface area contributed by atoms with E-state index in [1.165, 1.54) is 6.42 Å². The Hall–Kier alpha value is -0.830.